The van der Waals surface area contributed by atoms with Crippen molar-refractivity contribution in [2.45, 2.75) is 107 Å². The first kappa shape index (κ1) is 23.0. The van der Waals surface area contributed by atoms with Gasteiger partial charge in [-0.3, -0.25) is 5.26 Å². The van der Waals surface area contributed by atoms with Gasteiger partial charge in [0, 0.05) is 0 Å². The summed E-state index contributed by atoms with van der Waals surface area (Å²) < 4.78 is 55.1. The van der Waals surface area contributed by atoms with Gasteiger partial charge in [-0.2, -0.15) is 11.8 Å². The van der Waals surface area contributed by atoms with E-state index in [4.69, 9.17) is 5.26 Å². The van der Waals surface area contributed by atoms with Crippen molar-refractivity contribution in [3.05, 3.63) is 0 Å². The molecular weight excluding hydrogens is 356 g/mol. The van der Waals surface area contributed by atoms with Crippen LogP contribution in [-0.4, -0.2) is 47.1 Å². The Bertz CT molecular complexity index is 322. The third-order valence-electron chi connectivity index (χ3n) is 4.79. The largest absolute Gasteiger partial charge is 0.251 e. The van der Waals surface area contributed by atoms with Crippen molar-refractivity contribution in [1.82, 2.24) is 0 Å². The Morgan fingerprint density at radius 3 is 1.60 bits per heavy atom. The molecular formula is C18H32F4O2S. The maximum Gasteiger partial charge on any atom is 0.165 e. The number of halogens is 4. The van der Waals surface area contributed by atoms with Crippen LogP contribution in [0.4, 0.5) is 17.6 Å². The number of rotatable bonds is 13. The Morgan fingerprint density at radius 2 is 1.16 bits per heavy atom. The van der Waals surface area contributed by atoms with Crippen LogP contribution in [0, 0.1) is 0 Å². The van der Waals surface area contributed by atoms with Crippen LogP contribution >= 0.6 is 11.8 Å². The van der Waals surface area contributed by atoms with Crippen molar-refractivity contribution in [2.24, 2.45) is 0 Å². The molecule has 3 unspecified atom stereocenters. The van der Waals surface area contributed by atoms with Gasteiger partial charge in [0.2, 0.25) is 0 Å². The molecule has 0 amide bonds. The van der Waals surface area contributed by atoms with Gasteiger partial charge in [0.15, 0.2) is 18.4 Å². The van der Waals surface area contributed by atoms with Gasteiger partial charge in [-0.1, -0.05) is 64.7 Å². The summed E-state index contributed by atoms with van der Waals surface area (Å²) in [6, 6.07) is 0. The molecule has 1 fully saturated rings. The predicted molar refractivity (Wildman–Crippen MR) is 95.2 cm³/mol. The van der Waals surface area contributed by atoms with E-state index in [-0.39, 0.29) is 0 Å². The molecule has 1 saturated carbocycles. The molecule has 150 valence electrons. The quantitative estimate of drug-likeness (QED) is 0.175. The van der Waals surface area contributed by atoms with Crippen LogP contribution in [0.25, 0.3) is 0 Å². The van der Waals surface area contributed by atoms with Crippen LogP contribution in [0.5, 0.6) is 0 Å². The van der Waals surface area contributed by atoms with Crippen LogP contribution in [0.3, 0.4) is 0 Å². The summed E-state index contributed by atoms with van der Waals surface area (Å²) in [5.74, 6) is 0.478. The van der Waals surface area contributed by atoms with Gasteiger partial charge >= 0.3 is 0 Å². The fourth-order valence-corrected chi connectivity index (χ4v) is 4.50. The lowest BCUT2D eigenvalue weighted by Crippen LogP contribution is -2.57. The van der Waals surface area contributed by atoms with Crippen LogP contribution in [0.2, 0.25) is 0 Å². The molecule has 1 N–H and O–H groups in total. The Morgan fingerprint density at radius 1 is 0.720 bits per heavy atom. The first-order valence-electron chi connectivity index (χ1n) is 9.52. The van der Waals surface area contributed by atoms with Gasteiger partial charge in [-0.25, -0.2) is 22.4 Å². The minimum absolute atomic E-state index is 0.478. The monoisotopic (exact) mass is 388 g/mol. The minimum Gasteiger partial charge on any atom is -0.251 e. The molecule has 1 aliphatic rings. The van der Waals surface area contributed by atoms with Crippen LogP contribution < -0.4 is 0 Å². The van der Waals surface area contributed by atoms with E-state index >= 15 is 0 Å². The topological polar surface area (TPSA) is 29.5 Å². The summed E-state index contributed by atoms with van der Waals surface area (Å²) in [5.41, 5.74) is 0. The van der Waals surface area contributed by atoms with Gasteiger partial charge < -0.3 is 0 Å². The number of alkyl halides is 4. The van der Waals surface area contributed by atoms with Crippen molar-refractivity contribution in [1.29, 1.82) is 0 Å². The molecule has 0 bridgehead atoms. The Balaban J connectivity index is 2.11. The molecule has 1 rings (SSSR count). The number of hydrogen-bond donors (Lipinski definition) is 1. The average Bonchev–Trinajstić information content (AvgIpc) is 2.61. The summed E-state index contributed by atoms with van der Waals surface area (Å²) in [7, 11) is 0. The second-order valence-electron chi connectivity index (χ2n) is 6.87. The van der Waals surface area contributed by atoms with Gasteiger partial charge in [-0.15, -0.1) is 0 Å². The van der Waals surface area contributed by atoms with Crippen molar-refractivity contribution < 1.29 is 27.7 Å². The molecule has 0 saturated heterocycles. The Labute approximate surface area is 153 Å². The smallest absolute Gasteiger partial charge is 0.165 e. The van der Waals surface area contributed by atoms with Gasteiger partial charge in [0.25, 0.3) is 0 Å². The molecule has 25 heavy (non-hydrogen) atoms. The molecule has 1 aliphatic carbocycles. The lowest BCUT2D eigenvalue weighted by Gasteiger charge is -2.37. The van der Waals surface area contributed by atoms with Gasteiger partial charge in [-0.05, 0) is 12.2 Å². The Kier molecular flexibility index (Phi) is 12.2. The predicted octanol–water partition coefficient (Wildman–Crippen LogP) is 6.23. The zero-order valence-electron chi connectivity index (χ0n) is 15.0. The van der Waals surface area contributed by atoms with Crippen molar-refractivity contribution in [3.8, 4) is 0 Å². The van der Waals surface area contributed by atoms with E-state index < -0.39 is 36.0 Å². The minimum atomic E-state index is -2.35. The van der Waals surface area contributed by atoms with E-state index in [0.29, 0.717) is 5.75 Å². The third kappa shape index (κ3) is 7.63. The highest BCUT2D eigenvalue weighted by Crippen LogP contribution is 2.38. The molecule has 0 radical (unpaired) electrons. The summed E-state index contributed by atoms with van der Waals surface area (Å²) in [5, 5.41) is 7.03. The van der Waals surface area contributed by atoms with E-state index in [2.05, 4.69) is 11.8 Å². The lowest BCUT2D eigenvalue weighted by atomic mass is 9.90. The lowest BCUT2D eigenvalue weighted by molar-refractivity contribution is -0.317. The van der Waals surface area contributed by atoms with Gasteiger partial charge in [0.05, 0.1) is 5.25 Å². The zero-order chi connectivity index (χ0) is 18.7. The van der Waals surface area contributed by atoms with E-state index in [9.17, 15) is 17.6 Å². The van der Waals surface area contributed by atoms with E-state index in [1.165, 1.54) is 38.5 Å². The fraction of sp³-hybridized carbons (Fsp3) is 1.00. The molecule has 6 atom stereocenters. The van der Waals surface area contributed by atoms with Crippen LogP contribution in [-0.2, 0) is 4.89 Å². The first-order valence-corrected chi connectivity index (χ1v) is 10.6. The van der Waals surface area contributed by atoms with Gasteiger partial charge in [0.1, 0.15) is 12.3 Å². The molecule has 0 aliphatic heterocycles. The summed E-state index contributed by atoms with van der Waals surface area (Å²) >= 11 is 0.944. The maximum atomic E-state index is 13.9. The fourth-order valence-electron chi connectivity index (χ4n) is 3.19. The normalized spacial score (nSPS) is 32.9. The summed E-state index contributed by atoms with van der Waals surface area (Å²) in [4.78, 5) is 3.58. The highest BCUT2D eigenvalue weighted by Gasteiger charge is 2.54. The highest BCUT2D eigenvalue weighted by molar-refractivity contribution is 8.00. The zero-order valence-corrected chi connectivity index (χ0v) is 15.8. The number of unbranched alkanes of at least 4 members (excludes halogenated alkanes) is 9. The number of thioether (sulfide) groups is 1. The van der Waals surface area contributed by atoms with E-state index in [0.717, 1.165) is 37.4 Å². The second kappa shape index (κ2) is 13.2. The SMILES string of the molecule is CCCCCCCCCCCCS[C@@H]1C(F)[C@H](F)C(OO)[C@H](F)C1F. The standard InChI is InChI=1S/C18H32F4O2S/c1-2-3-4-5-6-7-8-9-10-11-12-25-18-15(21)13(19)17(24-23)14(20)16(18)22/h13-18,23H,2-12H2,1H3/t13-,14+,15?,16?,17?,18+. The summed E-state index contributed by atoms with van der Waals surface area (Å²) in [6.07, 6.45) is 0.460. The van der Waals surface area contributed by atoms with Crippen LogP contribution in [0.1, 0.15) is 71.1 Å². The molecule has 0 aromatic heterocycles. The maximum absolute atomic E-state index is 13.9. The molecule has 2 nitrogen and oxygen atoms in total. The molecule has 0 heterocycles. The third-order valence-corrected chi connectivity index (χ3v) is 6.22. The molecule has 0 aromatic rings. The average molecular weight is 389 g/mol. The van der Waals surface area contributed by atoms with E-state index in [1.54, 1.807) is 0 Å². The molecule has 7 heteroatoms. The van der Waals surface area contributed by atoms with Crippen molar-refractivity contribution in [3.63, 3.8) is 0 Å². The Hall–Kier alpha value is -0.0100. The first-order chi connectivity index (χ1) is 12.0. The van der Waals surface area contributed by atoms with Crippen LogP contribution in [0.15, 0.2) is 0 Å². The second-order valence-corrected chi connectivity index (χ2v) is 8.15. The molecule has 0 aromatic carbocycles. The van der Waals surface area contributed by atoms with Crippen molar-refractivity contribution in [2.75, 3.05) is 5.75 Å². The number of hydrogen-bond acceptors (Lipinski definition) is 3. The van der Waals surface area contributed by atoms with Crippen molar-refractivity contribution >= 4 is 11.8 Å². The highest BCUT2D eigenvalue weighted by atomic mass is 32.2. The van der Waals surface area contributed by atoms with E-state index in [1.807, 2.05) is 0 Å². The summed E-state index contributed by atoms with van der Waals surface area (Å²) in [6.45, 7) is 2.20. The molecule has 0 spiro atoms.